The molecule has 0 bridgehead atoms. The molecule has 0 saturated heterocycles. The minimum atomic E-state index is -0.419. The Labute approximate surface area is 122 Å². The number of nitrogens with zero attached hydrogens (tertiary/aromatic N) is 1. The van der Waals surface area contributed by atoms with Gasteiger partial charge in [-0.15, -0.1) is 0 Å². The number of halogens is 1. The zero-order valence-corrected chi connectivity index (χ0v) is 11.7. The molecule has 0 radical (unpaired) electrons. The summed E-state index contributed by atoms with van der Waals surface area (Å²) in [6.45, 7) is 1.93. The number of hydrogen-bond donors (Lipinski definition) is 2. The van der Waals surface area contributed by atoms with E-state index in [1.807, 2.05) is 37.3 Å². The van der Waals surface area contributed by atoms with Crippen molar-refractivity contribution in [1.82, 2.24) is 10.4 Å². The molecule has 21 heavy (non-hydrogen) atoms. The van der Waals surface area contributed by atoms with E-state index in [-0.39, 0.29) is 5.82 Å². The molecule has 0 aliphatic carbocycles. The number of pyridine rings is 1. The molecule has 0 saturated carbocycles. The molecule has 1 unspecified atom stereocenters. The van der Waals surface area contributed by atoms with Crippen molar-refractivity contribution in [3.8, 4) is 0 Å². The number of hydrazine groups is 1. The Morgan fingerprint density at radius 2 is 2.00 bits per heavy atom. The van der Waals surface area contributed by atoms with Crippen LogP contribution in [-0.4, -0.2) is 4.98 Å². The summed E-state index contributed by atoms with van der Waals surface area (Å²) >= 11 is 0. The van der Waals surface area contributed by atoms with Crippen LogP contribution in [0.3, 0.4) is 0 Å². The molecule has 1 atom stereocenters. The SMILES string of the molecule is Cc1ccc(F)c(C(NN)c2cccc3ccncc23)c1. The van der Waals surface area contributed by atoms with E-state index in [9.17, 15) is 4.39 Å². The summed E-state index contributed by atoms with van der Waals surface area (Å²) in [6, 6.07) is 12.4. The van der Waals surface area contributed by atoms with E-state index in [1.54, 1.807) is 18.5 Å². The van der Waals surface area contributed by atoms with Gasteiger partial charge in [-0.2, -0.15) is 0 Å². The van der Waals surface area contributed by atoms with Crippen molar-refractivity contribution >= 4 is 10.8 Å². The molecule has 2 aromatic carbocycles. The summed E-state index contributed by atoms with van der Waals surface area (Å²) in [4.78, 5) is 4.16. The van der Waals surface area contributed by atoms with Crippen LogP contribution in [0.1, 0.15) is 22.7 Å². The predicted molar refractivity (Wildman–Crippen MR) is 82.0 cm³/mol. The van der Waals surface area contributed by atoms with E-state index in [4.69, 9.17) is 5.84 Å². The van der Waals surface area contributed by atoms with Crippen LogP contribution in [0, 0.1) is 12.7 Å². The van der Waals surface area contributed by atoms with E-state index < -0.39 is 6.04 Å². The molecule has 0 spiro atoms. The highest BCUT2D eigenvalue weighted by Gasteiger charge is 2.18. The van der Waals surface area contributed by atoms with Gasteiger partial charge in [0, 0.05) is 23.3 Å². The van der Waals surface area contributed by atoms with Gasteiger partial charge >= 0.3 is 0 Å². The van der Waals surface area contributed by atoms with Crippen molar-refractivity contribution < 1.29 is 4.39 Å². The first-order valence-corrected chi connectivity index (χ1v) is 6.75. The van der Waals surface area contributed by atoms with Crippen molar-refractivity contribution in [2.24, 2.45) is 5.84 Å². The van der Waals surface area contributed by atoms with Crippen molar-refractivity contribution in [3.05, 3.63) is 77.4 Å². The van der Waals surface area contributed by atoms with E-state index in [0.29, 0.717) is 5.56 Å². The first-order chi connectivity index (χ1) is 10.2. The van der Waals surface area contributed by atoms with Crippen LogP contribution in [0.15, 0.2) is 54.9 Å². The lowest BCUT2D eigenvalue weighted by molar-refractivity contribution is 0.561. The summed E-state index contributed by atoms with van der Waals surface area (Å²) in [7, 11) is 0. The quantitative estimate of drug-likeness (QED) is 0.572. The van der Waals surface area contributed by atoms with Crippen LogP contribution in [0.2, 0.25) is 0 Å². The third-order valence-electron chi connectivity index (χ3n) is 3.66. The summed E-state index contributed by atoms with van der Waals surface area (Å²) < 4.78 is 14.2. The lowest BCUT2D eigenvalue weighted by Crippen LogP contribution is -2.29. The van der Waals surface area contributed by atoms with Crippen molar-refractivity contribution in [2.45, 2.75) is 13.0 Å². The van der Waals surface area contributed by atoms with Crippen LogP contribution in [0.5, 0.6) is 0 Å². The summed E-state index contributed by atoms with van der Waals surface area (Å²) in [5.74, 6) is 5.44. The van der Waals surface area contributed by atoms with Crippen LogP contribution in [0.25, 0.3) is 10.8 Å². The second-order valence-electron chi connectivity index (χ2n) is 5.07. The van der Waals surface area contributed by atoms with E-state index in [2.05, 4.69) is 10.4 Å². The van der Waals surface area contributed by atoms with Gasteiger partial charge in [0.25, 0.3) is 0 Å². The number of nitrogens with two attached hydrogens (primary N) is 1. The topological polar surface area (TPSA) is 50.9 Å². The molecule has 1 heterocycles. The largest absolute Gasteiger partial charge is 0.271 e. The molecule has 0 amide bonds. The van der Waals surface area contributed by atoms with Gasteiger partial charge in [0.2, 0.25) is 0 Å². The van der Waals surface area contributed by atoms with Crippen LogP contribution in [-0.2, 0) is 0 Å². The average Bonchev–Trinajstić information content (AvgIpc) is 2.51. The third-order valence-corrected chi connectivity index (χ3v) is 3.66. The molecule has 106 valence electrons. The first-order valence-electron chi connectivity index (χ1n) is 6.75. The molecule has 0 aliphatic heterocycles. The smallest absolute Gasteiger partial charge is 0.128 e. The molecular formula is C17H16FN3. The standard InChI is InChI=1S/C17H16FN3/c1-11-5-6-16(18)14(9-11)17(21-19)13-4-2-3-12-7-8-20-10-15(12)13/h2-10,17,21H,19H2,1H3. The maximum Gasteiger partial charge on any atom is 0.128 e. The lowest BCUT2D eigenvalue weighted by Gasteiger charge is -2.20. The Bertz CT molecular complexity index is 781. The summed E-state index contributed by atoms with van der Waals surface area (Å²) in [6.07, 6.45) is 3.52. The van der Waals surface area contributed by atoms with Crippen molar-refractivity contribution in [3.63, 3.8) is 0 Å². The molecule has 3 N–H and O–H groups in total. The van der Waals surface area contributed by atoms with E-state index in [1.165, 1.54) is 6.07 Å². The third kappa shape index (κ3) is 2.51. The fourth-order valence-corrected chi connectivity index (χ4v) is 2.62. The van der Waals surface area contributed by atoms with Crippen LogP contribution in [0.4, 0.5) is 4.39 Å². The molecule has 0 fully saturated rings. The Morgan fingerprint density at radius 3 is 2.81 bits per heavy atom. The van der Waals surface area contributed by atoms with Crippen LogP contribution >= 0.6 is 0 Å². The molecule has 3 rings (SSSR count). The van der Waals surface area contributed by atoms with Gasteiger partial charge in [0.05, 0.1) is 6.04 Å². The number of fused-ring (bicyclic) bond motifs is 1. The molecule has 3 nitrogen and oxygen atoms in total. The van der Waals surface area contributed by atoms with Gasteiger partial charge in [-0.05, 0) is 30.0 Å². The van der Waals surface area contributed by atoms with Gasteiger partial charge in [0.15, 0.2) is 0 Å². The first kappa shape index (κ1) is 13.7. The number of aryl methyl sites for hydroxylation is 1. The maximum absolute atomic E-state index is 14.2. The zero-order valence-electron chi connectivity index (χ0n) is 11.7. The number of nitrogens with one attached hydrogen (secondary N) is 1. The predicted octanol–water partition coefficient (Wildman–Crippen LogP) is 3.24. The fourth-order valence-electron chi connectivity index (χ4n) is 2.62. The minimum Gasteiger partial charge on any atom is -0.271 e. The normalized spacial score (nSPS) is 12.5. The van der Waals surface area contributed by atoms with E-state index >= 15 is 0 Å². The Kier molecular flexibility index (Phi) is 3.64. The molecule has 0 aliphatic rings. The Morgan fingerprint density at radius 1 is 1.14 bits per heavy atom. The highest BCUT2D eigenvalue weighted by molar-refractivity contribution is 5.85. The summed E-state index contributed by atoms with van der Waals surface area (Å²) in [5.41, 5.74) is 5.16. The number of aromatic nitrogens is 1. The zero-order chi connectivity index (χ0) is 14.8. The number of benzene rings is 2. The van der Waals surface area contributed by atoms with Gasteiger partial charge in [-0.25, -0.2) is 9.82 Å². The highest BCUT2D eigenvalue weighted by atomic mass is 19.1. The van der Waals surface area contributed by atoms with Crippen LogP contribution < -0.4 is 11.3 Å². The molecule has 4 heteroatoms. The van der Waals surface area contributed by atoms with Gasteiger partial charge in [-0.1, -0.05) is 35.9 Å². The average molecular weight is 281 g/mol. The molecule has 1 aromatic heterocycles. The van der Waals surface area contributed by atoms with Crippen molar-refractivity contribution in [1.29, 1.82) is 0 Å². The Hall–Kier alpha value is -2.30. The highest BCUT2D eigenvalue weighted by Crippen LogP contribution is 2.29. The van der Waals surface area contributed by atoms with Gasteiger partial charge in [0.1, 0.15) is 5.82 Å². The van der Waals surface area contributed by atoms with Gasteiger partial charge < -0.3 is 0 Å². The second kappa shape index (κ2) is 5.60. The van der Waals surface area contributed by atoms with Crippen molar-refractivity contribution in [2.75, 3.05) is 0 Å². The monoisotopic (exact) mass is 281 g/mol. The maximum atomic E-state index is 14.2. The minimum absolute atomic E-state index is 0.274. The number of hydrogen-bond acceptors (Lipinski definition) is 3. The summed E-state index contributed by atoms with van der Waals surface area (Å²) in [5, 5.41) is 2.01. The molecular weight excluding hydrogens is 265 g/mol. The second-order valence-corrected chi connectivity index (χ2v) is 5.07. The lowest BCUT2D eigenvalue weighted by atomic mass is 9.94. The fraction of sp³-hybridized carbons (Fsp3) is 0.118. The Balaban J connectivity index is 2.21. The van der Waals surface area contributed by atoms with E-state index in [0.717, 1.165) is 21.9 Å². The van der Waals surface area contributed by atoms with Gasteiger partial charge in [-0.3, -0.25) is 10.8 Å². The molecule has 3 aromatic rings. The number of rotatable bonds is 3.